The van der Waals surface area contributed by atoms with E-state index < -0.39 is 0 Å². The molecule has 124 valence electrons. The van der Waals surface area contributed by atoms with E-state index in [1.165, 1.54) is 25.7 Å². The second kappa shape index (κ2) is 8.76. The van der Waals surface area contributed by atoms with Crippen molar-refractivity contribution in [2.45, 2.75) is 52.5 Å². The smallest absolute Gasteiger partial charge is 0.191 e. The van der Waals surface area contributed by atoms with Crippen LogP contribution in [0.1, 0.15) is 45.4 Å². The summed E-state index contributed by atoms with van der Waals surface area (Å²) >= 11 is 0. The topological polar surface area (TPSA) is 67.1 Å². The fourth-order valence-corrected chi connectivity index (χ4v) is 3.24. The summed E-state index contributed by atoms with van der Waals surface area (Å²) in [7, 11) is 1.83. The molecular weight excluding hydrogens is 276 g/mol. The molecule has 2 atom stereocenters. The first-order valence-electron chi connectivity index (χ1n) is 8.54. The Kier molecular flexibility index (Phi) is 6.68. The lowest BCUT2D eigenvalue weighted by molar-refractivity contribution is 0.282. The van der Waals surface area contributed by atoms with Crippen LogP contribution in [-0.2, 0) is 13.0 Å². The van der Waals surface area contributed by atoms with Gasteiger partial charge in [-0.3, -0.25) is 4.99 Å². The highest BCUT2D eigenvalue weighted by atomic mass is 15.3. The molecule has 0 aliphatic heterocycles. The SMILES string of the molecule is CCc1nncn1CCNC(=NC)NCC1CCCC(C)C1. The van der Waals surface area contributed by atoms with Gasteiger partial charge in [0, 0.05) is 33.1 Å². The van der Waals surface area contributed by atoms with Crippen molar-refractivity contribution in [1.29, 1.82) is 0 Å². The Balaban J connectivity index is 1.69. The van der Waals surface area contributed by atoms with Gasteiger partial charge in [-0.2, -0.15) is 0 Å². The van der Waals surface area contributed by atoms with Crippen LogP contribution in [0.5, 0.6) is 0 Å². The van der Waals surface area contributed by atoms with Crippen molar-refractivity contribution in [3.05, 3.63) is 12.2 Å². The molecule has 0 aromatic carbocycles. The predicted molar refractivity (Wildman–Crippen MR) is 89.9 cm³/mol. The molecule has 0 radical (unpaired) electrons. The van der Waals surface area contributed by atoms with Gasteiger partial charge in [0.05, 0.1) is 0 Å². The number of hydrogen-bond donors (Lipinski definition) is 2. The summed E-state index contributed by atoms with van der Waals surface area (Å²) in [6.45, 7) is 7.17. The monoisotopic (exact) mass is 306 g/mol. The maximum absolute atomic E-state index is 4.31. The number of nitrogens with zero attached hydrogens (tertiary/aromatic N) is 4. The molecule has 1 aromatic rings. The van der Waals surface area contributed by atoms with E-state index in [1.807, 2.05) is 7.05 Å². The molecule has 1 fully saturated rings. The predicted octanol–water partition coefficient (Wildman–Crippen LogP) is 1.83. The minimum Gasteiger partial charge on any atom is -0.356 e. The van der Waals surface area contributed by atoms with Crippen molar-refractivity contribution in [2.24, 2.45) is 16.8 Å². The standard InChI is InChI=1S/C16H30N6/c1-4-15-21-20-12-22(15)9-8-18-16(17-3)19-11-14-7-5-6-13(2)10-14/h12-14H,4-11H2,1-3H3,(H2,17,18,19). The van der Waals surface area contributed by atoms with Gasteiger partial charge >= 0.3 is 0 Å². The van der Waals surface area contributed by atoms with Gasteiger partial charge in [0.2, 0.25) is 0 Å². The summed E-state index contributed by atoms with van der Waals surface area (Å²) in [5.41, 5.74) is 0. The molecule has 1 heterocycles. The van der Waals surface area contributed by atoms with Crippen LogP contribution in [-0.4, -0.2) is 40.9 Å². The highest BCUT2D eigenvalue weighted by Crippen LogP contribution is 2.27. The van der Waals surface area contributed by atoms with E-state index in [0.29, 0.717) is 0 Å². The molecule has 0 bridgehead atoms. The number of rotatable bonds is 6. The minimum absolute atomic E-state index is 0.784. The van der Waals surface area contributed by atoms with E-state index in [4.69, 9.17) is 0 Å². The Hall–Kier alpha value is -1.59. The van der Waals surface area contributed by atoms with Gasteiger partial charge in [-0.05, 0) is 24.7 Å². The summed E-state index contributed by atoms with van der Waals surface area (Å²) in [6.07, 6.45) is 8.14. The molecule has 1 aliphatic rings. The molecule has 2 N–H and O–H groups in total. The van der Waals surface area contributed by atoms with Crippen LogP contribution in [0.3, 0.4) is 0 Å². The third kappa shape index (κ3) is 5.00. The zero-order valence-electron chi connectivity index (χ0n) is 14.2. The molecular formula is C16H30N6. The van der Waals surface area contributed by atoms with Gasteiger partial charge in [-0.25, -0.2) is 0 Å². The Morgan fingerprint density at radius 1 is 1.41 bits per heavy atom. The van der Waals surface area contributed by atoms with Crippen LogP contribution in [0.2, 0.25) is 0 Å². The first-order valence-corrected chi connectivity index (χ1v) is 8.54. The molecule has 0 amide bonds. The first kappa shape index (κ1) is 16.8. The van der Waals surface area contributed by atoms with Crippen molar-refractivity contribution in [1.82, 2.24) is 25.4 Å². The van der Waals surface area contributed by atoms with Crippen molar-refractivity contribution in [3.63, 3.8) is 0 Å². The van der Waals surface area contributed by atoms with Crippen LogP contribution in [0, 0.1) is 11.8 Å². The Labute approximate surface area is 133 Å². The summed E-state index contributed by atoms with van der Waals surface area (Å²) in [6, 6.07) is 0. The Bertz CT molecular complexity index is 467. The Morgan fingerprint density at radius 2 is 2.27 bits per heavy atom. The van der Waals surface area contributed by atoms with Gasteiger partial charge in [-0.15, -0.1) is 10.2 Å². The third-order valence-corrected chi connectivity index (χ3v) is 4.48. The van der Waals surface area contributed by atoms with E-state index in [9.17, 15) is 0 Å². The van der Waals surface area contributed by atoms with Crippen LogP contribution in [0.15, 0.2) is 11.3 Å². The fourth-order valence-electron chi connectivity index (χ4n) is 3.24. The van der Waals surface area contributed by atoms with E-state index >= 15 is 0 Å². The summed E-state index contributed by atoms with van der Waals surface area (Å²) < 4.78 is 2.09. The molecule has 0 saturated heterocycles. The maximum Gasteiger partial charge on any atom is 0.191 e. The van der Waals surface area contributed by atoms with Crippen LogP contribution in [0.25, 0.3) is 0 Å². The van der Waals surface area contributed by atoms with Crippen LogP contribution < -0.4 is 10.6 Å². The second-order valence-electron chi connectivity index (χ2n) is 6.31. The van der Waals surface area contributed by atoms with E-state index in [1.54, 1.807) is 6.33 Å². The normalized spacial score (nSPS) is 22.6. The third-order valence-electron chi connectivity index (χ3n) is 4.48. The van der Waals surface area contributed by atoms with Gasteiger partial charge in [-0.1, -0.05) is 26.7 Å². The maximum atomic E-state index is 4.31. The van der Waals surface area contributed by atoms with Gasteiger partial charge < -0.3 is 15.2 Å². The van der Waals surface area contributed by atoms with E-state index in [2.05, 4.69) is 44.2 Å². The zero-order chi connectivity index (χ0) is 15.8. The zero-order valence-corrected chi connectivity index (χ0v) is 14.2. The number of aromatic nitrogens is 3. The van der Waals surface area contributed by atoms with Crippen molar-refractivity contribution >= 4 is 5.96 Å². The second-order valence-corrected chi connectivity index (χ2v) is 6.31. The van der Waals surface area contributed by atoms with Crippen LogP contribution >= 0.6 is 0 Å². The number of hydrogen-bond acceptors (Lipinski definition) is 3. The molecule has 1 aromatic heterocycles. The fraction of sp³-hybridized carbons (Fsp3) is 0.812. The van der Waals surface area contributed by atoms with E-state index in [-0.39, 0.29) is 0 Å². The van der Waals surface area contributed by atoms with Gasteiger partial charge in [0.15, 0.2) is 5.96 Å². The highest BCUT2D eigenvalue weighted by Gasteiger charge is 2.18. The molecule has 6 heteroatoms. The molecule has 0 spiro atoms. The number of nitrogens with one attached hydrogen (secondary N) is 2. The molecule has 6 nitrogen and oxygen atoms in total. The average molecular weight is 306 g/mol. The molecule has 1 saturated carbocycles. The van der Waals surface area contributed by atoms with Gasteiger partial charge in [0.25, 0.3) is 0 Å². The first-order chi connectivity index (χ1) is 10.7. The van der Waals surface area contributed by atoms with Crippen molar-refractivity contribution < 1.29 is 0 Å². The molecule has 2 unspecified atom stereocenters. The number of aryl methyl sites for hydroxylation is 1. The van der Waals surface area contributed by atoms with E-state index in [0.717, 1.165) is 49.7 Å². The molecule has 1 aliphatic carbocycles. The molecule has 2 rings (SSSR count). The lowest BCUT2D eigenvalue weighted by atomic mass is 9.82. The summed E-state index contributed by atoms with van der Waals surface area (Å²) in [5, 5.41) is 14.9. The van der Waals surface area contributed by atoms with Crippen LogP contribution in [0.4, 0.5) is 0 Å². The highest BCUT2D eigenvalue weighted by molar-refractivity contribution is 5.79. The lowest BCUT2D eigenvalue weighted by Crippen LogP contribution is -2.41. The minimum atomic E-state index is 0.784. The quantitative estimate of drug-likeness (QED) is 0.621. The number of guanidine groups is 1. The van der Waals surface area contributed by atoms with Crippen molar-refractivity contribution in [2.75, 3.05) is 20.1 Å². The summed E-state index contributed by atoms with van der Waals surface area (Å²) in [5.74, 6) is 3.58. The van der Waals surface area contributed by atoms with Crippen molar-refractivity contribution in [3.8, 4) is 0 Å². The summed E-state index contributed by atoms with van der Waals surface area (Å²) in [4.78, 5) is 4.31. The number of aliphatic imine (C=N–C) groups is 1. The largest absolute Gasteiger partial charge is 0.356 e. The Morgan fingerprint density at radius 3 is 3.00 bits per heavy atom. The lowest BCUT2D eigenvalue weighted by Gasteiger charge is -2.27. The average Bonchev–Trinajstić information content (AvgIpc) is 2.98. The van der Waals surface area contributed by atoms with Gasteiger partial charge in [0.1, 0.15) is 12.2 Å². The molecule has 22 heavy (non-hydrogen) atoms.